The quantitative estimate of drug-likeness (QED) is 0.842. The molecule has 1 atom stereocenters. The molecule has 0 aliphatic carbocycles. The molecule has 1 aromatic carbocycles. The van der Waals surface area contributed by atoms with Gasteiger partial charge in [0.25, 0.3) is 0 Å². The lowest BCUT2D eigenvalue weighted by Crippen LogP contribution is -2.39. The van der Waals surface area contributed by atoms with Gasteiger partial charge in [0.15, 0.2) is 0 Å². The molecule has 2 heterocycles. The molecule has 1 fully saturated rings. The fourth-order valence-corrected chi connectivity index (χ4v) is 3.58. The Morgan fingerprint density at radius 1 is 1.21 bits per heavy atom. The molecule has 24 heavy (non-hydrogen) atoms. The number of aromatic nitrogens is 1. The molecular weight excluding hydrogens is 368 g/mol. The SMILES string of the molecule is O=C(O)C1CCN([C@@H](Cc2ccccn2)c2ccc(Br)cc2)CC1. The van der Waals surface area contributed by atoms with Crippen molar-refractivity contribution in [2.24, 2.45) is 5.92 Å². The van der Waals surface area contributed by atoms with Gasteiger partial charge in [-0.05, 0) is 55.8 Å². The Balaban J connectivity index is 1.79. The van der Waals surface area contributed by atoms with Crippen molar-refractivity contribution in [1.82, 2.24) is 9.88 Å². The van der Waals surface area contributed by atoms with Crippen molar-refractivity contribution in [2.75, 3.05) is 13.1 Å². The molecule has 0 bridgehead atoms. The van der Waals surface area contributed by atoms with Crippen molar-refractivity contribution in [1.29, 1.82) is 0 Å². The summed E-state index contributed by atoms with van der Waals surface area (Å²) in [6, 6.07) is 14.6. The van der Waals surface area contributed by atoms with Gasteiger partial charge in [0.2, 0.25) is 0 Å². The molecular formula is C19H21BrN2O2. The highest BCUT2D eigenvalue weighted by Crippen LogP contribution is 2.30. The van der Waals surface area contributed by atoms with E-state index in [-0.39, 0.29) is 12.0 Å². The van der Waals surface area contributed by atoms with Crippen molar-refractivity contribution in [3.63, 3.8) is 0 Å². The van der Waals surface area contributed by atoms with E-state index < -0.39 is 5.97 Å². The Hall–Kier alpha value is -1.72. The molecule has 0 spiro atoms. The average molecular weight is 389 g/mol. The third-order valence-electron chi connectivity index (χ3n) is 4.70. The summed E-state index contributed by atoms with van der Waals surface area (Å²) in [5, 5.41) is 9.21. The second-order valence-electron chi connectivity index (χ2n) is 6.24. The maximum absolute atomic E-state index is 11.2. The van der Waals surface area contributed by atoms with E-state index in [2.05, 4.69) is 56.1 Å². The standard InChI is InChI=1S/C19H21BrN2O2/c20-16-6-4-14(5-7-16)18(13-17-3-1-2-10-21-17)22-11-8-15(9-12-22)19(23)24/h1-7,10,15,18H,8-9,11-13H2,(H,23,24)/t18-/m0/s1. The Bertz CT molecular complexity index is 668. The lowest BCUT2D eigenvalue weighted by molar-refractivity contribution is -0.143. The Labute approximate surface area is 150 Å². The van der Waals surface area contributed by atoms with Gasteiger partial charge in [-0.1, -0.05) is 34.1 Å². The number of benzene rings is 1. The summed E-state index contributed by atoms with van der Waals surface area (Å²) in [7, 11) is 0. The summed E-state index contributed by atoms with van der Waals surface area (Å²) >= 11 is 3.49. The molecule has 1 aliphatic rings. The topological polar surface area (TPSA) is 53.4 Å². The van der Waals surface area contributed by atoms with Gasteiger partial charge in [-0.25, -0.2) is 0 Å². The third kappa shape index (κ3) is 4.22. The Morgan fingerprint density at radius 3 is 2.50 bits per heavy atom. The first-order valence-electron chi connectivity index (χ1n) is 8.25. The highest BCUT2D eigenvalue weighted by molar-refractivity contribution is 9.10. The summed E-state index contributed by atoms with van der Waals surface area (Å²) in [6.45, 7) is 1.62. The highest BCUT2D eigenvalue weighted by Gasteiger charge is 2.29. The monoisotopic (exact) mass is 388 g/mol. The minimum absolute atomic E-state index is 0.207. The van der Waals surface area contributed by atoms with E-state index in [9.17, 15) is 9.90 Å². The van der Waals surface area contributed by atoms with E-state index in [0.717, 1.165) is 29.7 Å². The van der Waals surface area contributed by atoms with E-state index in [1.807, 2.05) is 18.3 Å². The summed E-state index contributed by atoms with van der Waals surface area (Å²) < 4.78 is 1.06. The minimum atomic E-state index is -0.667. The van der Waals surface area contributed by atoms with Crippen LogP contribution in [0.2, 0.25) is 0 Å². The summed E-state index contributed by atoms with van der Waals surface area (Å²) in [6.07, 6.45) is 4.08. The van der Waals surface area contributed by atoms with Crippen LogP contribution < -0.4 is 0 Å². The van der Waals surface area contributed by atoms with Gasteiger partial charge >= 0.3 is 5.97 Å². The number of carboxylic acid groups (broad SMARTS) is 1. The van der Waals surface area contributed by atoms with Crippen LogP contribution in [0.15, 0.2) is 53.1 Å². The predicted octanol–water partition coefficient (Wildman–Crippen LogP) is 3.92. The number of rotatable bonds is 5. The number of likely N-dealkylation sites (tertiary alicyclic amines) is 1. The highest BCUT2D eigenvalue weighted by atomic mass is 79.9. The molecule has 0 amide bonds. The first-order valence-corrected chi connectivity index (χ1v) is 9.05. The molecule has 126 valence electrons. The van der Waals surface area contributed by atoms with Crippen LogP contribution in [0.3, 0.4) is 0 Å². The van der Waals surface area contributed by atoms with Crippen molar-refractivity contribution in [3.8, 4) is 0 Å². The number of hydrogen-bond acceptors (Lipinski definition) is 3. The molecule has 4 nitrogen and oxygen atoms in total. The van der Waals surface area contributed by atoms with Crippen molar-refractivity contribution < 1.29 is 9.90 Å². The number of aliphatic carboxylic acids is 1. The summed E-state index contributed by atoms with van der Waals surface area (Å²) in [4.78, 5) is 18.1. The molecule has 5 heteroatoms. The van der Waals surface area contributed by atoms with Crippen LogP contribution in [-0.2, 0) is 11.2 Å². The van der Waals surface area contributed by atoms with Crippen LogP contribution in [0.5, 0.6) is 0 Å². The number of nitrogens with zero attached hydrogens (tertiary/aromatic N) is 2. The number of halogens is 1. The minimum Gasteiger partial charge on any atom is -0.481 e. The van der Waals surface area contributed by atoms with Crippen LogP contribution in [0, 0.1) is 5.92 Å². The lowest BCUT2D eigenvalue weighted by atomic mass is 9.92. The van der Waals surface area contributed by atoms with Crippen molar-refractivity contribution >= 4 is 21.9 Å². The second kappa shape index (κ2) is 7.90. The predicted molar refractivity (Wildman–Crippen MR) is 96.8 cm³/mol. The Kier molecular flexibility index (Phi) is 5.63. The van der Waals surface area contributed by atoms with Gasteiger partial charge in [0, 0.05) is 28.8 Å². The molecule has 1 aliphatic heterocycles. The lowest BCUT2D eigenvalue weighted by Gasteiger charge is -2.36. The number of carbonyl (C=O) groups is 1. The smallest absolute Gasteiger partial charge is 0.306 e. The maximum atomic E-state index is 11.2. The Morgan fingerprint density at radius 2 is 1.92 bits per heavy atom. The largest absolute Gasteiger partial charge is 0.481 e. The number of pyridine rings is 1. The van der Waals surface area contributed by atoms with Crippen LogP contribution in [-0.4, -0.2) is 34.0 Å². The number of hydrogen-bond donors (Lipinski definition) is 1. The molecule has 1 saturated heterocycles. The van der Waals surface area contributed by atoms with Gasteiger partial charge in [-0.15, -0.1) is 0 Å². The van der Waals surface area contributed by atoms with Gasteiger partial charge < -0.3 is 5.11 Å². The van der Waals surface area contributed by atoms with E-state index in [0.29, 0.717) is 12.8 Å². The molecule has 2 aromatic rings. The number of carboxylic acids is 1. The van der Waals surface area contributed by atoms with Crippen molar-refractivity contribution in [2.45, 2.75) is 25.3 Å². The fourth-order valence-electron chi connectivity index (χ4n) is 3.32. The van der Waals surface area contributed by atoms with Gasteiger partial charge in [0.1, 0.15) is 0 Å². The number of piperidine rings is 1. The van der Waals surface area contributed by atoms with Crippen LogP contribution in [0.4, 0.5) is 0 Å². The molecule has 1 N–H and O–H groups in total. The fraction of sp³-hybridized carbons (Fsp3) is 0.368. The summed E-state index contributed by atoms with van der Waals surface area (Å²) in [5.41, 5.74) is 2.31. The molecule has 3 rings (SSSR count). The molecule has 0 unspecified atom stereocenters. The normalized spacial score (nSPS) is 17.5. The molecule has 0 saturated carbocycles. The van der Waals surface area contributed by atoms with Crippen molar-refractivity contribution in [3.05, 3.63) is 64.4 Å². The molecule has 0 radical (unpaired) electrons. The van der Waals surface area contributed by atoms with Crippen LogP contribution >= 0.6 is 15.9 Å². The van der Waals surface area contributed by atoms with E-state index in [4.69, 9.17) is 0 Å². The van der Waals surface area contributed by atoms with Gasteiger partial charge in [-0.2, -0.15) is 0 Å². The average Bonchev–Trinajstić information content (AvgIpc) is 2.62. The van der Waals surface area contributed by atoms with E-state index in [1.54, 1.807) is 0 Å². The molecule has 1 aromatic heterocycles. The van der Waals surface area contributed by atoms with Crippen LogP contribution in [0.1, 0.15) is 30.1 Å². The first-order chi connectivity index (χ1) is 11.6. The zero-order valence-electron chi connectivity index (χ0n) is 13.4. The van der Waals surface area contributed by atoms with Crippen LogP contribution in [0.25, 0.3) is 0 Å². The van der Waals surface area contributed by atoms with Gasteiger partial charge in [0.05, 0.1) is 5.92 Å². The van der Waals surface area contributed by atoms with E-state index in [1.165, 1.54) is 5.56 Å². The third-order valence-corrected chi connectivity index (χ3v) is 5.23. The zero-order chi connectivity index (χ0) is 16.9. The summed E-state index contributed by atoms with van der Waals surface area (Å²) in [5.74, 6) is -0.874. The van der Waals surface area contributed by atoms with Gasteiger partial charge in [-0.3, -0.25) is 14.7 Å². The maximum Gasteiger partial charge on any atom is 0.306 e. The van der Waals surface area contributed by atoms with E-state index >= 15 is 0 Å². The zero-order valence-corrected chi connectivity index (χ0v) is 15.0. The second-order valence-corrected chi connectivity index (χ2v) is 7.16. The first kappa shape index (κ1) is 17.1.